The minimum absolute atomic E-state index is 0.212. The first-order valence-corrected chi connectivity index (χ1v) is 4.78. The van der Waals surface area contributed by atoms with E-state index in [4.69, 9.17) is 21.1 Å². The summed E-state index contributed by atoms with van der Waals surface area (Å²) < 4.78 is 10.1. The van der Waals surface area contributed by atoms with Crippen molar-refractivity contribution < 1.29 is 19.4 Å². The smallest absolute Gasteiger partial charge is 0.146 e. The van der Waals surface area contributed by atoms with E-state index in [0.29, 0.717) is 28.4 Å². The van der Waals surface area contributed by atoms with Gasteiger partial charge in [-0.2, -0.15) is 0 Å². The lowest BCUT2D eigenvalue weighted by Gasteiger charge is -2.11. The summed E-state index contributed by atoms with van der Waals surface area (Å²) in [7, 11) is 2.92. The van der Waals surface area contributed by atoms with Gasteiger partial charge in [-0.25, -0.2) is 0 Å². The molecule has 0 aliphatic rings. The first kappa shape index (κ1) is 12.4. The van der Waals surface area contributed by atoms with Gasteiger partial charge in [-0.15, -0.1) is 0 Å². The van der Waals surface area contributed by atoms with Gasteiger partial charge in [0.15, 0.2) is 0 Å². The van der Waals surface area contributed by atoms with Gasteiger partial charge in [0, 0.05) is 12.1 Å². The van der Waals surface area contributed by atoms with Gasteiger partial charge in [-0.05, 0) is 6.07 Å². The van der Waals surface area contributed by atoms with Crippen molar-refractivity contribution in [1.29, 1.82) is 0 Å². The molecule has 1 aromatic rings. The molecule has 1 aromatic carbocycles. The number of aliphatic hydroxyl groups excluding tert-OH is 1. The number of carbonyl (C=O) groups is 1. The Morgan fingerprint density at radius 3 is 2.44 bits per heavy atom. The van der Waals surface area contributed by atoms with Crippen molar-refractivity contribution in [1.82, 2.24) is 0 Å². The molecule has 4 nitrogen and oxygen atoms in total. The van der Waals surface area contributed by atoms with E-state index < -0.39 is 0 Å². The second kappa shape index (κ2) is 5.42. The van der Waals surface area contributed by atoms with E-state index in [1.165, 1.54) is 26.4 Å². The first-order chi connectivity index (χ1) is 7.63. The molecular formula is C11H11ClO4. The van der Waals surface area contributed by atoms with Crippen LogP contribution in [-0.4, -0.2) is 25.6 Å². The van der Waals surface area contributed by atoms with E-state index in [0.717, 1.165) is 6.08 Å². The maximum atomic E-state index is 10.3. The highest BCUT2D eigenvalue weighted by Crippen LogP contribution is 2.35. The fourth-order valence-electron chi connectivity index (χ4n) is 1.21. The van der Waals surface area contributed by atoms with E-state index >= 15 is 0 Å². The molecule has 0 saturated heterocycles. The molecule has 0 bridgehead atoms. The Morgan fingerprint density at radius 2 is 1.94 bits per heavy atom. The van der Waals surface area contributed by atoms with Crippen molar-refractivity contribution in [3.63, 3.8) is 0 Å². The van der Waals surface area contributed by atoms with Crippen molar-refractivity contribution >= 4 is 23.6 Å². The van der Waals surface area contributed by atoms with Crippen LogP contribution in [0, 0.1) is 0 Å². The number of aliphatic hydroxyl groups is 1. The van der Waals surface area contributed by atoms with Crippen LogP contribution < -0.4 is 9.47 Å². The minimum Gasteiger partial charge on any atom is -0.507 e. The van der Waals surface area contributed by atoms with E-state index in [2.05, 4.69) is 0 Å². The Bertz CT molecular complexity index is 426. The number of methoxy groups -OCH3 is 2. The molecule has 1 rings (SSSR count). The van der Waals surface area contributed by atoms with Crippen LogP contribution in [-0.2, 0) is 4.79 Å². The molecule has 0 spiro atoms. The molecule has 1 N–H and O–H groups in total. The van der Waals surface area contributed by atoms with Gasteiger partial charge >= 0.3 is 0 Å². The first-order valence-electron chi connectivity index (χ1n) is 4.40. The number of benzene rings is 1. The highest BCUT2D eigenvalue weighted by molar-refractivity contribution is 6.32. The molecule has 0 radical (unpaired) electrons. The Labute approximate surface area is 98.1 Å². The highest BCUT2D eigenvalue weighted by atomic mass is 35.5. The molecule has 0 unspecified atom stereocenters. The van der Waals surface area contributed by atoms with Gasteiger partial charge in [0.2, 0.25) is 0 Å². The zero-order valence-electron chi connectivity index (χ0n) is 8.86. The number of allylic oxidation sites excluding steroid dienone is 1. The number of ether oxygens (including phenoxy) is 2. The maximum absolute atomic E-state index is 10.3. The molecule has 0 heterocycles. The third-order valence-electron chi connectivity index (χ3n) is 1.98. The number of rotatable bonds is 4. The lowest BCUT2D eigenvalue weighted by molar-refractivity contribution is -0.104. The third kappa shape index (κ3) is 2.46. The predicted octanol–water partition coefficient (Wildman–Crippen LogP) is 2.46. The molecule has 0 amide bonds. The highest BCUT2D eigenvalue weighted by Gasteiger charge is 2.12. The van der Waals surface area contributed by atoms with Crippen molar-refractivity contribution in [2.24, 2.45) is 0 Å². The maximum Gasteiger partial charge on any atom is 0.146 e. The topological polar surface area (TPSA) is 55.8 Å². The van der Waals surface area contributed by atoms with Gasteiger partial charge < -0.3 is 14.6 Å². The van der Waals surface area contributed by atoms with E-state index in [1.54, 1.807) is 0 Å². The minimum atomic E-state index is -0.212. The SMILES string of the molecule is COc1cc(OC)c(/C(O)=C\C=O)cc1Cl. The predicted molar refractivity (Wildman–Crippen MR) is 61.2 cm³/mol. The Balaban J connectivity index is 3.33. The molecule has 86 valence electrons. The number of aldehydes is 1. The van der Waals surface area contributed by atoms with Crippen LogP contribution in [0.4, 0.5) is 0 Å². The fourth-order valence-corrected chi connectivity index (χ4v) is 1.46. The van der Waals surface area contributed by atoms with Crippen molar-refractivity contribution in [3.05, 3.63) is 28.8 Å². The summed E-state index contributed by atoms with van der Waals surface area (Å²) in [6.45, 7) is 0. The second-order valence-corrected chi connectivity index (χ2v) is 3.28. The molecule has 16 heavy (non-hydrogen) atoms. The second-order valence-electron chi connectivity index (χ2n) is 2.88. The Hall–Kier alpha value is -1.68. The van der Waals surface area contributed by atoms with Crippen LogP contribution in [0.25, 0.3) is 5.76 Å². The van der Waals surface area contributed by atoms with Crippen LogP contribution in [0.5, 0.6) is 11.5 Å². The molecule has 0 saturated carbocycles. The Kier molecular flexibility index (Phi) is 4.19. The lowest BCUT2D eigenvalue weighted by atomic mass is 10.1. The standard InChI is InChI=1S/C11H11ClO4/c1-15-10-6-11(16-2)8(12)5-7(10)9(14)3-4-13/h3-6,14H,1-2H3/b9-3+. The Morgan fingerprint density at radius 1 is 1.31 bits per heavy atom. The molecule has 0 aliphatic heterocycles. The van der Waals surface area contributed by atoms with E-state index in [1.807, 2.05) is 0 Å². The van der Waals surface area contributed by atoms with Crippen LogP contribution in [0.2, 0.25) is 5.02 Å². The number of halogens is 1. The molecular weight excluding hydrogens is 232 g/mol. The van der Waals surface area contributed by atoms with Gasteiger partial charge in [-0.3, -0.25) is 4.79 Å². The fraction of sp³-hybridized carbons (Fsp3) is 0.182. The molecule has 0 atom stereocenters. The lowest BCUT2D eigenvalue weighted by Crippen LogP contribution is -1.94. The summed E-state index contributed by atoms with van der Waals surface area (Å²) in [5.74, 6) is 0.592. The summed E-state index contributed by atoms with van der Waals surface area (Å²) in [6, 6.07) is 3.00. The van der Waals surface area contributed by atoms with Crippen LogP contribution >= 0.6 is 11.6 Å². The largest absolute Gasteiger partial charge is 0.507 e. The average Bonchev–Trinajstić information content (AvgIpc) is 2.29. The molecule has 0 aromatic heterocycles. The quantitative estimate of drug-likeness (QED) is 0.501. The van der Waals surface area contributed by atoms with Crippen LogP contribution in [0.1, 0.15) is 5.56 Å². The average molecular weight is 243 g/mol. The molecule has 0 fully saturated rings. The van der Waals surface area contributed by atoms with Gasteiger partial charge in [0.1, 0.15) is 23.5 Å². The molecule has 5 heteroatoms. The monoisotopic (exact) mass is 242 g/mol. The van der Waals surface area contributed by atoms with E-state index in [9.17, 15) is 9.90 Å². The number of carbonyl (C=O) groups excluding carboxylic acids is 1. The van der Waals surface area contributed by atoms with E-state index in [-0.39, 0.29) is 5.76 Å². The van der Waals surface area contributed by atoms with Crippen molar-refractivity contribution in [2.75, 3.05) is 14.2 Å². The van der Waals surface area contributed by atoms with Crippen molar-refractivity contribution in [3.8, 4) is 11.5 Å². The number of hydrogen-bond donors (Lipinski definition) is 1. The summed E-state index contributed by atoms with van der Waals surface area (Å²) in [6.07, 6.45) is 1.49. The zero-order chi connectivity index (χ0) is 12.1. The van der Waals surface area contributed by atoms with Gasteiger partial charge in [-0.1, -0.05) is 11.6 Å². The van der Waals surface area contributed by atoms with Gasteiger partial charge in [0.25, 0.3) is 0 Å². The van der Waals surface area contributed by atoms with Gasteiger partial charge in [0.05, 0.1) is 24.8 Å². The van der Waals surface area contributed by atoms with Crippen LogP contribution in [0.3, 0.4) is 0 Å². The third-order valence-corrected chi connectivity index (χ3v) is 2.27. The normalized spacial score (nSPS) is 11.1. The summed E-state index contributed by atoms with van der Waals surface area (Å²) >= 11 is 5.90. The number of hydrogen-bond acceptors (Lipinski definition) is 4. The zero-order valence-corrected chi connectivity index (χ0v) is 9.62. The van der Waals surface area contributed by atoms with Crippen molar-refractivity contribution in [2.45, 2.75) is 0 Å². The molecule has 0 aliphatic carbocycles. The summed E-state index contributed by atoms with van der Waals surface area (Å²) in [4.78, 5) is 10.3. The van der Waals surface area contributed by atoms with Crippen LogP contribution in [0.15, 0.2) is 18.2 Å². The summed E-state index contributed by atoms with van der Waals surface area (Å²) in [5, 5.41) is 9.89. The summed E-state index contributed by atoms with van der Waals surface area (Å²) in [5.41, 5.74) is 0.334.